The van der Waals surface area contributed by atoms with Crippen molar-refractivity contribution in [3.8, 4) is 0 Å². The summed E-state index contributed by atoms with van der Waals surface area (Å²) in [7, 11) is 0. The molecule has 0 bridgehead atoms. The van der Waals surface area contributed by atoms with Gasteiger partial charge in [0, 0.05) is 25.1 Å². The lowest BCUT2D eigenvalue weighted by Gasteiger charge is -2.16. The third-order valence-corrected chi connectivity index (χ3v) is 3.39. The lowest BCUT2D eigenvalue weighted by Crippen LogP contribution is -2.11. The van der Waals surface area contributed by atoms with Crippen LogP contribution in [0.5, 0.6) is 0 Å². The highest BCUT2D eigenvalue weighted by Crippen LogP contribution is 2.20. The van der Waals surface area contributed by atoms with Gasteiger partial charge in [0.15, 0.2) is 0 Å². The predicted molar refractivity (Wildman–Crippen MR) is 88.8 cm³/mol. The maximum atomic E-state index is 4.55. The first kappa shape index (κ1) is 15.3. The highest BCUT2D eigenvalue weighted by molar-refractivity contribution is 5.49. The number of benzene rings is 1. The van der Waals surface area contributed by atoms with Crippen LogP contribution in [0.2, 0.25) is 0 Å². The SMILES string of the molecule is CCNc1cc(NC(C)c2ccc(C)cc2)nc(CC)n1. The molecule has 21 heavy (non-hydrogen) atoms. The molecule has 2 aromatic rings. The van der Waals surface area contributed by atoms with Crippen LogP contribution in [-0.2, 0) is 6.42 Å². The predicted octanol–water partition coefficient (Wildman–Crippen LogP) is 3.95. The fourth-order valence-corrected chi connectivity index (χ4v) is 2.16. The summed E-state index contributed by atoms with van der Waals surface area (Å²) in [5.74, 6) is 2.60. The molecule has 4 nitrogen and oxygen atoms in total. The van der Waals surface area contributed by atoms with Crippen molar-refractivity contribution >= 4 is 11.6 Å². The molecule has 0 saturated carbocycles. The van der Waals surface area contributed by atoms with Crippen LogP contribution >= 0.6 is 0 Å². The van der Waals surface area contributed by atoms with Gasteiger partial charge >= 0.3 is 0 Å². The van der Waals surface area contributed by atoms with Gasteiger partial charge in [-0.3, -0.25) is 0 Å². The summed E-state index contributed by atoms with van der Waals surface area (Å²) in [6.07, 6.45) is 0.826. The van der Waals surface area contributed by atoms with E-state index in [0.29, 0.717) is 0 Å². The van der Waals surface area contributed by atoms with Gasteiger partial charge in [-0.1, -0.05) is 36.8 Å². The molecule has 0 aliphatic carbocycles. The van der Waals surface area contributed by atoms with Crippen LogP contribution in [-0.4, -0.2) is 16.5 Å². The molecule has 0 aliphatic heterocycles. The van der Waals surface area contributed by atoms with E-state index < -0.39 is 0 Å². The third kappa shape index (κ3) is 4.18. The second-order valence-electron chi connectivity index (χ2n) is 5.22. The molecular weight excluding hydrogens is 260 g/mol. The number of aromatic nitrogens is 2. The summed E-state index contributed by atoms with van der Waals surface area (Å²) in [6.45, 7) is 9.23. The van der Waals surface area contributed by atoms with E-state index in [4.69, 9.17) is 0 Å². The number of rotatable bonds is 6. The molecule has 2 N–H and O–H groups in total. The van der Waals surface area contributed by atoms with Crippen LogP contribution in [0.3, 0.4) is 0 Å². The number of nitrogens with one attached hydrogen (secondary N) is 2. The van der Waals surface area contributed by atoms with Gasteiger partial charge in [-0.25, -0.2) is 9.97 Å². The Morgan fingerprint density at radius 2 is 1.71 bits per heavy atom. The molecular formula is C17H24N4. The molecule has 0 radical (unpaired) electrons. The van der Waals surface area contributed by atoms with E-state index in [0.717, 1.165) is 30.4 Å². The summed E-state index contributed by atoms with van der Waals surface area (Å²) in [4.78, 5) is 9.03. The molecule has 1 aromatic carbocycles. The van der Waals surface area contributed by atoms with Gasteiger partial charge in [0.25, 0.3) is 0 Å². The molecule has 4 heteroatoms. The minimum absolute atomic E-state index is 0.208. The van der Waals surface area contributed by atoms with E-state index >= 15 is 0 Å². The molecule has 0 fully saturated rings. The first-order valence-corrected chi connectivity index (χ1v) is 7.57. The van der Waals surface area contributed by atoms with Crippen LogP contribution in [0.15, 0.2) is 30.3 Å². The number of nitrogens with zero attached hydrogens (tertiary/aromatic N) is 2. The Labute approximate surface area is 127 Å². The van der Waals surface area contributed by atoms with E-state index in [1.54, 1.807) is 0 Å². The fraction of sp³-hybridized carbons (Fsp3) is 0.412. The van der Waals surface area contributed by atoms with Crippen molar-refractivity contribution in [3.63, 3.8) is 0 Å². The zero-order chi connectivity index (χ0) is 15.2. The van der Waals surface area contributed by atoms with E-state index in [-0.39, 0.29) is 6.04 Å². The molecule has 1 atom stereocenters. The average molecular weight is 284 g/mol. The van der Waals surface area contributed by atoms with E-state index in [1.165, 1.54) is 11.1 Å². The maximum absolute atomic E-state index is 4.55. The van der Waals surface area contributed by atoms with Crippen molar-refractivity contribution < 1.29 is 0 Å². The second kappa shape index (κ2) is 7.07. The molecule has 0 aliphatic rings. The Kier molecular flexibility index (Phi) is 5.14. The first-order valence-electron chi connectivity index (χ1n) is 7.57. The number of aryl methyl sites for hydroxylation is 2. The average Bonchev–Trinajstić information content (AvgIpc) is 2.48. The van der Waals surface area contributed by atoms with Gasteiger partial charge in [0.05, 0.1) is 0 Å². The Morgan fingerprint density at radius 1 is 1.05 bits per heavy atom. The highest BCUT2D eigenvalue weighted by atomic mass is 15.1. The molecule has 1 unspecified atom stereocenters. The van der Waals surface area contributed by atoms with Crippen molar-refractivity contribution in [3.05, 3.63) is 47.3 Å². The molecule has 0 amide bonds. The molecule has 1 aromatic heterocycles. The van der Waals surface area contributed by atoms with E-state index in [1.807, 2.05) is 6.07 Å². The van der Waals surface area contributed by atoms with Crippen molar-refractivity contribution in [2.24, 2.45) is 0 Å². The Bertz CT molecular complexity index is 578. The van der Waals surface area contributed by atoms with Crippen LogP contribution in [0, 0.1) is 6.92 Å². The number of hydrogen-bond donors (Lipinski definition) is 2. The largest absolute Gasteiger partial charge is 0.370 e. The van der Waals surface area contributed by atoms with Gasteiger partial charge in [-0.05, 0) is 26.3 Å². The zero-order valence-electron chi connectivity index (χ0n) is 13.3. The quantitative estimate of drug-likeness (QED) is 0.843. The second-order valence-corrected chi connectivity index (χ2v) is 5.22. The van der Waals surface area contributed by atoms with E-state index in [9.17, 15) is 0 Å². The van der Waals surface area contributed by atoms with Gasteiger partial charge in [-0.2, -0.15) is 0 Å². The van der Waals surface area contributed by atoms with Gasteiger partial charge < -0.3 is 10.6 Å². The molecule has 2 rings (SSSR count). The Hall–Kier alpha value is -2.10. The van der Waals surface area contributed by atoms with Gasteiger partial charge in [0.1, 0.15) is 17.5 Å². The summed E-state index contributed by atoms with van der Waals surface area (Å²) in [5.41, 5.74) is 2.53. The minimum Gasteiger partial charge on any atom is -0.370 e. The first-order chi connectivity index (χ1) is 10.1. The smallest absolute Gasteiger partial charge is 0.132 e. The Balaban J connectivity index is 2.17. The molecule has 1 heterocycles. The zero-order valence-corrected chi connectivity index (χ0v) is 13.3. The summed E-state index contributed by atoms with van der Waals surface area (Å²) >= 11 is 0. The minimum atomic E-state index is 0.208. The normalized spacial score (nSPS) is 12.0. The molecule has 0 saturated heterocycles. The summed E-state index contributed by atoms with van der Waals surface area (Å²) in [6, 6.07) is 10.7. The van der Waals surface area contributed by atoms with Gasteiger partial charge in [-0.15, -0.1) is 0 Å². The van der Waals surface area contributed by atoms with Gasteiger partial charge in [0.2, 0.25) is 0 Å². The monoisotopic (exact) mass is 284 g/mol. The number of anilines is 2. The highest BCUT2D eigenvalue weighted by Gasteiger charge is 2.08. The van der Waals surface area contributed by atoms with Crippen molar-refractivity contribution in [1.29, 1.82) is 0 Å². The van der Waals surface area contributed by atoms with Crippen LogP contribution in [0.4, 0.5) is 11.6 Å². The topological polar surface area (TPSA) is 49.8 Å². The Morgan fingerprint density at radius 3 is 2.33 bits per heavy atom. The molecule has 0 spiro atoms. The fourth-order valence-electron chi connectivity index (χ4n) is 2.16. The summed E-state index contributed by atoms with van der Waals surface area (Å²) < 4.78 is 0. The van der Waals surface area contributed by atoms with Crippen molar-refractivity contribution in [2.75, 3.05) is 17.2 Å². The van der Waals surface area contributed by atoms with Crippen molar-refractivity contribution in [1.82, 2.24) is 9.97 Å². The lowest BCUT2D eigenvalue weighted by atomic mass is 10.1. The maximum Gasteiger partial charge on any atom is 0.132 e. The third-order valence-electron chi connectivity index (χ3n) is 3.39. The van der Waals surface area contributed by atoms with E-state index in [2.05, 4.69) is 72.6 Å². The summed E-state index contributed by atoms with van der Waals surface area (Å²) in [5, 5.41) is 6.71. The van der Waals surface area contributed by atoms with Crippen LogP contribution in [0.25, 0.3) is 0 Å². The van der Waals surface area contributed by atoms with Crippen LogP contribution < -0.4 is 10.6 Å². The van der Waals surface area contributed by atoms with Crippen LogP contribution in [0.1, 0.15) is 43.8 Å². The molecule has 112 valence electrons. The lowest BCUT2D eigenvalue weighted by molar-refractivity contribution is 0.856. The number of hydrogen-bond acceptors (Lipinski definition) is 4. The van der Waals surface area contributed by atoms with Crippen molar-refractivity contribution in [2.45, 2.75) is 40.2 Å². The standard InChI is InChI=1S/C17H24N4/c1-5-15-20-16(18-6-2)11-17(21-15)19-13(4)14-9-7-12(3)8-10-14/h7-11,13H,5-6H2,1-4H3,(H2,18,19,20,21).